The zero-order chi connectivity index (χ0) is 19.7. The van der Waals surface area contributed by atoms with Crippen LogP contribution in [0, 0.1) is 6.92 Å². The highest BCUT2D eigenvalue weighted by Crippen LogP contribution is 2.35. The number of rotatable bonds is 5. The van der Waals surface area contributed by atoms with E-state index in [4.69, 9.17) is 14.5 Å². The number of nitrogens with one attached hydrogen (secondary N) is 1. The van der Waals surface area contributed by atoms with Crippen molar-refractivity contribution in [2.24, 2.45) is 0 Å². The van der Waals surface area contributed by atoms with E-state index in [1.165, 1.54) is 18.4 Å². The molecule has 1 aliphatic carbocycles. The Balaban J connectivity index is 1.49. The van der Waals surface area contributed by atoms with Gasteiger partial charge >= 0.3 is 0 Å². The van der Waals surface area contributed by atoms with Crippen LogP contribution in [0.15, 0.2) is 18.2 Å². The predicted molar refractivity (Wildman–Crippen MR) is 104 cm³/mol. The maximum absolute atomic E-state index is 13.0. The van der Waals surface area contributed by atoms with Crippen molar-refractivity contribution in [1.29, 1.82) is 0 Å². The monoisotopic (exact) mass is 382 g/mol. The number of aromatic nitrogens is 2. The molecule has 148 valence electrons. The van der Waals surface area contributed by atoms with Gasteiger partial charge in [-0.05, 0) is 70.0 Å². The molecular weight excluding hydrogens is 356 g/mol. The lowest BCUT2D eigenvalue weighted by Gasteiger charge is -2.24. The third-order valence-electron chi connectivity index (χ3n) is 5.33. The molecule has 4 rings (SSSR count). The summed E-state index contributed by atoms with van der Waals surface area (Å²) in [5.74, 6) is 1.96. The van der Waals surface area contributed by atoms with Gasteiger partial charge in [-0.2, -0.15) is 0 Å². The molecule has 1 atom stereocenters. The first kappa shape index (κ1) is 18.7. The molecular formula is C21H26N4O3. The van der Waals surface area contributed by atoms with Crippen molar-refractivity contribution in [3.05, 3.63) is 46.5 Å². The standard InChI is InChI=1S/C21H26N4O3/c1-13-15-6-4-5-7-16(15)24-19(23-13)11-22-21(26)20(25(2)3)14-8-9-17-18(10-14)28-12-27-17/h8-10,20H,4-7,11-12H2,1-3H3,(H,22,26)/t20-/m0/s1. The number of likely N-dealkylation sites (N-methyl/N-ethyl adjacent to an activating group) is 1. The van der Waals surface area contributed by atoms with Crippen LogP contribution in [0.2, 0.25) is 0 Å². The summed E-state index contributed by atoms with van der Waals surface area (Å²) in [6, 6.07) is 5.18. The number of carbonyl (C=O) groups excluding carboxylic acids is 1. The average Bonchev–Trinajstić information content (AvgIpc) is 3.14. The Kier molecular flexibility index (Phi) is 5.17. The highest BCUT2D eigenvalue weighted by atomic mass is 16.7. The fourth-order valence-corrected chi connectivity index (χ4v) is 3.95. The SMILES string of the molecule is Cc1nc(CNC(=O)[C@H](c2ccc3c(c2)OCO3)N(C)C)nc2c1CCCC2. The van der Waals surface area contributed by atoms with E-state index in [0.717, 1.165) is 29.8 Å². The van der Waals surface area contributed by atoms with Gasteiger partial charge in [0.2, 0.25) is 12.7 Å². The quantitative estimate of drug-likeness (QED) is 0.855. The van der Waals surface area contributed by atoms with E-state index in [2.05, 4.69) is 10.3 Å². The zero-order valence-electron chi connectivity index (χ0n) is 16.6. The number of nitrogens with zero attached hydrogens (tertiary/aromatic N) is 3. The maximum Gasteiger partial charge on any atom is 0.242 e. The number of carbonyl (C=O) groups is 1. The number of amides is 1. The van der Waals surface area contributed by atoms with E-state index in [-0.39, 0.29) is 12.7 Å². The maximum atomic E-state index is 13.0. The van der Waals surface area contributed by atoms with Crippen LogP contribution >= 0.6 is 0 Å². The Bertz CT molecular complexity index is 897. The topological polar surface area (TPSA) is 76.6 Å². The molecule has 1 N–H and O–H groups in total. The highest BCUT2D eigenvalue weighted by Gasteiger charge is 2.26. The van der Waals surface area contributed by atoms with E-state index < -0.39 is 6.04 Å². The molecule has 2 heterocycles. The Hall–Kier alpha value is -2.67. The molecule has 1 aromatic heterocycles. The molecule has 0 radical (unpaired) electrons. The summed E-state index contributed by atoms with van der Waals surface area (Å²) in [5, 5.41) is 3.00. The predicted octanol–water partition coefficient (Wildman–Crippen LogP) is 2.31. The highest BCUT2D eigenvalue weighted by molar-refractivity contribution is 5.83. The van der Waals surface area contributed by atoms with Crippen LogP contribution in [0.5, 0.6) is 11.5 Å². The van der Waals surface area contributed by atoms with Crippen molar-refractivity contribution < 1.29 is 14.3 Å². The molecule has 0 saturated carbocycles. The molecule has 2 aliphatic rings. The van der Waals surface area contributed by atoms with Crippen LogP contribution in [0.3, 0.4) is 0 Å². The third-order valence-corrected chi connectivity index (χ3v) is 5.33. The minimum absolute atomic E-state index is 0.0946. The zero-order valence-corrected chi connectivity index (χ0v) is 16.6. The fraction of sp³-hybridized carbons (Fsp3) is 0.476. The van der Waals surface area contributed by atoms with Gasteiger partial charge in [-0.25, -0.2) is 9.97 Å². The average molecular weight is 382 g/mol. The molecule has 1 aromatic carbocycles. The van der Waals surface area contributed by atoms with Gasteiger partial charge in [0.25, 0.3) is 0 Å². The minimum Gasteiger partial charge on any atom is -0.454 e. The number of hydrogen-bond donors (Lipinski definition) is 1. The number of benzene rings is 1. The second-order valence-electron chi connectivity index (χ2n) is 7.55. The summed E-state index contributed by atoms with van der Waals surface area (Å²) in [7, 11) is 3.77. The number of fused-ring (bicyclic) bond motifs is 2. The minimum atomic E-state index is -0.437. The van der Waals surface area contributed by atoms with Crippen LogP contribution in [-0.4, -0.2) is 41.7 Å². The van der Waals surface area contributed by atoms with E-state index in [0.29, 0.717) is 23.9 Å². The van der Waals surface area contributed by atoms with Crippen molar-refractivity contribution in [2.45, 2.75) is 45.2 Å². The van der Waals surface area contributed by atoms with Gasteiger partial charge in [0.1, 0.15) is 11.9 Å². The second kappa shape index (κ2) is 7.75. The van der Waals surface area contributed by atoms with Crippen LogP contribution in [0.25, 0.3) is 0 Å². The van der Waals surface area contributed by atoms with Gasteiger partial charge in [-0.3, -0.25) is 9.69 Å². The van der Waals surface area contributed by atoms with Crippen LogP contribution in [-0.2, 0) is 24.2 Å². The molecule has 0 bridgehead atoms. The van der Waals surface area contributed by atoms with Gasteiger partial charge in [0.05, 0.1) is 6.54 Å². The Labute approximate surface area is 165 Å². The molecule has 0 fully saturated rings. The third kappa shape index (κ3) is 3.67. The molecule has 2 aromatic rings. The molecule has 1 aliphatic heterocycles. The number of ether oxygens (including phenoxy) is 2. The smallest absolute Gasteiger partial charge is 0.242 e. The summed E-state index contributed by atoms with van der Waals surface area (Å²) in [6.45, 7) is 2.57. The lowest BCUT2D eigenvalue weighted by molar-refractivity contribution is -0.126. The van der Waals surface area contributed by atoms with Crippen molar-refractivity contribution in [2.75, 3.05) is 20.9 Å². The first-order chi connectivity index (χ1) is 13.5. The largest absolute Gasteiger partial charge is 0.454 e. The van der Waals surface area contributed by atoms with Gasteiger partial charge in [0.15, 0.2) is 11.5 Å². The van der Waals surface area contributed by atoms with Gasteiger partial charge in [-0.1, -0.05) is 6.07 Å². The van der Waals surface area contributed by atoms with Crippen molar-refractivity contribution in [1.82, 2.24) is 20.2 Å². The fourth-order valence-electron chi connectivity index (χ4n) is 3.95. The molecule has 7 nitrogen and oxygen atoms in total. The molecule has 0 unspecified atom stereocenters. The summed E-state index contributed by atoms with van der Waals surface area (Å²) in [4.78, 5) is 24.1. The molecule has 1 amide bonds. The molecule has 0 spiro atoms. The van der Waals surface area contributed by atoms with E-state index in [1.807, 2.05) is 44.1 Å². The molecule has 7 heteroatoms. The Morgan fingerprint density at radius 2 is 1.96 bits per heavy atom. The second-order valence-corrected chi connectivity index (χ2v) is 7.55. The summed E-state index contributed by atoms with van der Waals surface area (Å²) in [5.41, 5.74) is 4.32. The summed E-state index contributed by atoms with van der Waals surface area (Å²) in [6.07, 6.45) is 4.42. The number of hydrogen-bond acceptors (Lipinski definition) is 6. The first-order valence-electron chi connectivity index (χ1n) is 9.72. The summed E-state index contributed by atoms with van der Waals surface area (Å²) < 4.78 is 10.8. The van der Waals surface area contributed by atoms with Crippen molar-refractivity contribution >= 4 is 5.91 Å². The van der Waals surface area contributed by atoms with Crippen LogP contribution < -0.4 is 14.8 Å². The Morgan fingerprint density at radius 3 is 2.79 bits per heavy atom. The normalized spacial score (nSPS) is 16.0. The van der Waals surface area contributed by atoms with Crippen LogP contribution in [0.1, 0.15) is 47.2 Å². The van der Waals surface area contributed by atoms with Crippen molar-refractivity contribution in [3.63, 3.8) is 0 Å². The summed E-state index contributed by atoms with van der Waals surface area (Å²) >= 11 is 0. The van der Waals surface area contributed by atoms with Crippen molar-refractivity contribution in [3.8, 4) is 11.5 Å². The molecule has 28 heavy (non-hydrogen) atoms. The van der Waals surface area contributed by atoms with E-state index in [1.54, 1.807) is 0 Å². The van der Waals surface area contributed by atoms with Gasteiger partial charge in [-0.15, -0.1) is 0 Å². The van der Waals surface area contributed by atoms with E-state index in [9.17, 15) is 4.79 Å². The lowest BCUT2D eigenvalue weighted by Crippen LogP contribution is -2.37. The number of aryl methyl sites for hydroxylation is 2. The van der Waals surface area contributed by atoms with Gasteiger partial charge < -0.3 is 14.8 Å². The van der Waals surface area contributed by atoms with Gasteiger partial charge in [0, 0.05) is 11.4 Å². The first-order valence-corrected chi connectivity index (χ1v) is 9.72. The van der Waals surface area contributed by atoms with E-state index >= 15 is 0 Å². The lowest BCUT2D eigenvalue weighted by atomic mass is 9.95. The van der Waals surface area contributed by atoms with Crippen LogP contribution in [0.4, 0.5) is 0 Å². The Morgan fingerprint density at radius 1 is 1.18 bits per heavy atom. The molecule has 0 saturated heterocycles.